The lowest BCUT2D eigenvalue weighted by Gasteiger charge is -2.17. The van der Waals surface area contributed by atoms with Gasteiger partial charge in [-0.25, -0.2) is 0 Å². The summed E-state index contributed by atoms with van der Waals surface area (Å²) in [4.78, 5) is 12.3. The molecule has 0 fully saturated rings. The van der Waals surface area contributed by atoms with Gasteiger partial charge in [0.2, 0.25) is 17.7 Å². The molecular weight excluding hydrogens is 326 g/mol. The molecule has 2 aromatic rings. The molecule has 6 heteroatoms. The van der Waals surface area contributed by atoms with E-state index < -0.39 is 0 Å². The number of hydrogen-bond donors (Lipinski definition) is 1. The van der Waals surface area contributed by atoms with Gasteiger partial charge in [0, 0.05) is 18.4 Å². The number of amides is 1. The number of halogens is 1. The van der Waals surface area contributed by atoms with Crippen molar-refractivity contribution in [2.24, 2.45) is 5.92 Å². The van der Waals surface area contributed by atoms with E-state index in [-0.39, 0.29) is 11.9 Å². The topological polar surface area (TPSA) is 68.0 Å². The molecule has 5 nitrogen and oxygen atoms in total. The number of carbonyl (C=O) groups is 1. The van der Waals surface area contributed by atoms with Crippen molar-refractivity contribution in [1.82, 2.24) is 15.5 Å². The summed E-state index contributed by atoms with van der Waals surface area (Å²) in [6.07, 6.45) is 2.72. The highest BCUT2D eigenvalue weighted by Gasteiger charge is 2.21. The fourth-order valence-electron chi connectivity index (χ4n) is 2.55. The van der Waals surface area contributed by atoms with Gasteiger partial charge in [-0.2, -0.15) is 0 Å². The molecule has 130 valence electrons. The fourth-order valence-corrected chi connectivity index (χ4v) is 2.78. The van der Waals surface area contributed by atoms with Crippen molar-refractivity contribution in [3.63, 3.8) is 0 Å². The van der Waals surface area contributed by atoms with Crippen molar-refractivity contribution >= 4 is 17.5 Å². The zero-order chi connectivity index (χ0) is 17.5. The van der Waals surface area contributed by atoms with Crippen LogP contribution in [0.4, 0.5) is 0 Å². The van der Waals surface area contributed by atoms with Crippen molar-refractivity contribution < 1.29 is 9.21 Å². The first-order valence-electron chi connectivity index (χ1n) is 8.28. The third-order valence-corrected chi connectivity index (χ3v) is 4.06. The SMILES string of the molecule is Cc1nnc(C(CC(C)C)NC(=O)CCCc2ccccc2Cl)o1. The van der Waals surface area contributed by atoms with Crippen molar-refractivity contribution in [2.75, 3.05) is 0 Å². The molecule has 1 aromatic carbocycles. The molecule has 0 saturated heterocycles. The number of benzene rings is 1. The molecule has 1 N–H and O–H groups in total. The van der Waals surface area contributed by atoms with Crippen LogP contribution in [0.2, 0.25) is 5.02 Å². The maximum atomic E-state index is 12.3. The van der Waals surface area contributed by atoms with Crippen LogP contribution < -0.4 is 5.32 Å². The van der Waals surface area contributed by atoms with E-state index in [9.17, 15) is 4.79 Å². The van der Waals surface area contributed by atoms with Gasteiger partial charge in [0.25, 0.3) is 0 Å². The Morgan fingerprint density at radius 3 is 2.67 bits per heavy atom. The summed E-state index contributed by atoms with van der Waals surface area (Å²) in [7, 11) is 0. The van der Waals surface area contributed by atoms with Crippen LogP contribution in [-0.2, 0) is 11.2 Å². The van der Waals surface area contributed by atoms with Gasteiger partial charge in [-0.05, 0) is 36.8 Å². The molecule has 0 aliphatic carbocycles. The Bertz CT molecular complexity index is 670. The minimum Gasteiger partial charge on any atom is -0.423 e. The Morgan fingerprint density at radius 2 is 2.04 bits per heavy atom. The average molecular weight is 350 g/mol. The predicted octanol–water partition coefficient (Wildman–Crippen LogP) is 4.26. The molecule has 0 radical (unpaired) electrons. The van der Waals surface area contributed by atoms with E-state index in [0.29, 0.717) is 24.1 Å². The molecular formula is C18H24ClN3O2. The summed E-state index contributed by atoms with van der Waals surface area (Å²) < 4.78 is 5.48. The highest BCUT2D eigenvalue weighted by molar-refractivity contribution is 6.31. The first-order chi connectivity index (χ1) is 11.5. The van der Waals surface area contributed by atoms with Crippen molar-refractivity contribution in [1.29, 1.82) is 0 Å². The Hall–Kier alpha value is -1.88. The summed E-state index contributed by atoms with van der Waals surface area (Å²) in [5.74, 6) is 1.38. The molecule has 0 saturated carbocycles. The van der Waals surface area contributed by atoms with E-state index in [1.807, 2.05) is 24.3 Å². The zero-order valence-corrected chi connectivity index (χ0v) is 15.1. The number of aromatic nitrogens is 2. The van der Waals surface area contributed by atoms with Crippen LogP contribution in [0, 0.1) is 12.8 Å². The lowest BCUT2D eigenvalue weighted by atomic mass is 10.0. The molecule has 1 heterocycles. The van der Waals surface area contributed by atoms with Gasteiger partial charge < -0.3 is 9.73 Å². The molecule has 1 amide bonds. The summed E-state index contributed by atoms with van der Waals surface area (Å²) in [5, 5.41) is 11.7. The fraction of sp³-hybridized carbons (Fsp3) is 0.500. The van der Waals surface area contributed by atoms with Gasteiger partial charge in [-0.15, -0.1) is 10.2 Å². The summed E-state index contributed by atoms with van der Waals surface area (Å²) in [6.45, 7) is 5.94. The maximum Gasteiger partial charge on any atom is 0.238 e. The van der Waals surface area contributed by atoms with E-state index in [1.165, 1.54) is 0 Å². The van der Waals surface area contributed by atoms with Gasteiger partial charge in [0.05, 0.1) is 0 Å². The normalized spacial score (nSPS) is 12.4. The van der Waals surface area contributed by atoms with Crippen LogP contribution in [0.3, 0.4) is 0 Å². The lowest BCUT2D eigenvalue weighted by molar-refractivity contribution is -0.122. The number of nitrogens with zero attached hydrogens (tertiary/aromatic N) is 2. The Labute approximate surface area is 147 Å². The Morgan fingerprint density at radius 1 is 1.29 bits per heavy atom. The van der Waals surface area contributed by atoms with E-state index in [1.54, 1.807) is 6.92 Å². The summed E-state index contributed by atoms with van der Waals surface area (Å²) in [5.41, 5.74) is 1.07. The molecule has 0 aliphatic rings. The molecule has 1 unspecified atom stereocenters. The van der Waals surface area contributed by atoms with Crippen LogP contribution in [0.1, 0.15) is 56.5 Å². The first-order valence-corrected chi connectivity index (χ1v) is 8.66. The number of hydrogen-bond acceptors (Lipinski definition) is 4. The Kier molecular flexibility index (Phi) is 6.79. The van der Waals surface area contributed by atoms with Crippen molar-refractivity contribution in [2.45, 2.75) is 52.5 Å². The van der Waals surface area contributed by atoms with Crippen molar-refractivity contribution in [3.05, 3.63) is 46.6 Å². The number of rotatable bonds is 8. The quantitative estimate of drug-likeness (QED) is 0.773. The van der Waals surface area contributed by atoms with Gasteiger partial charge >= 0.3 is 0 Å². The Balaban J connectivity index is 1.87. The first kappa shape index (κ1) is 18.5. The standard InChI is InChI=1S/C18H24ClN3O2/c1-12(2)11-16(18-22-21-13(3)24-18)20-17(23)10-6-8-14-7-4-5-9-15(14)19/h4-5,7,9,12,16H,6,8,10-11H2,1-3H3,(H,20,23). The smallest absolute Gasteiger partial charge is 0.238 e. The number of aryl methyl sites for hydroxylation is 2. The number of carbonyl (C=O) groups excluding carboxylic acids is 1. The molecule has 1 atom stereocenters. The second kappa shape index (κ2) is 8.83. The molecule has 1 aromatic heterocycles. The zero-order valence-electron chi connectivity index (χ0n) is 14.4. The second-order valence-electron chi connectivity index (χ2n) is 6.35. The molecule has 0 spiro atoms. The van der Waals surface area contributed by atoms with E-state index in [2.05, 4.69) is 29.4 Å². The average Bonchev–Trinajstić information content (AvgIpc) is 2.95. The predicted molar refractivity (Wildman–Crippen MR) is 93.8 cm³/mol. The van der Waals surface area contributed by atoms with E-state index >= 15 is 0 Å². The van der Waals surface area contributed by atoms with Crippen LogP contribution in [-0.4, -0.2) is 16.1 Å². The molecule has 0 aliphatic heterocycles. The molecule has 0 bridgehead atoms. The molecule has 24 heavy (non-hydrogen) atoms. The van der Waals surface area contributed by atoms with E-state index in [4.69, 9.17) is 16.0 Å². The van der Waals surface area contributed by atoms with Crippen LogP contribution in [0.15, 0.2) is 28.7 Å². The lowest BCUT2D eigenvalue weighted by Crippen LogP contribution is -2.29. The highest BCUT2D eigenvalue weighted by atomic mass is 35.5. The second-order valence-corrected chi connectivity index (χ2v) is 6.76. The van der Waals surface area contributed by atoms with Crippen LogP contribution >= 0.6 is 11.6 Å². The molecule has 2 rings (SSSR count). The largest absolute Gasteiger partial charge is 0.423 e. The minimum absolute atomic E-state index is 0.0106. The third kappa shape index (κ3) is 5.64. The van der Waals surface area contributed by atoms with Crippen LogP contribution in [0.25, 0.3) is 0 Å². The maximum absolute atomic E-state index is 12.3. The van der Waals surface area contributed by atoms with Gasteiger partial charge in [-0.1, -0.05) is 43.6 Å². The van der Waals surface area contributed by atoms with Gasteiger partial charge in [0.1, 0.15) is 6.04 Å². The highest BCUT2D eigenvalue weighted by Crippen LogP contribution is 2.21. The summed E-state index contributed by atoms with van der Waals surface area (Å²) >= 11 is 6.14. The van der Waals surface area contributed by atoms with Crippen LogP contribution in [0.5, 0.6) is 0 Å². The minimum atomic E-state index is -0.237. The third-order valence-electron chi connectivity index (χ3n) is 3.69. The van der Waals surface area contributed by atoms with E-state index in [0.717, 1.165) is 29.8 Å². The monoisotopic (exact) mass is 349 g/mol. The van der Waals surface area contributed by atoms with Crippen molar-refractivity contribution in [3.8, 4) is 0 Å². The van der Waals surface area contributed by atoms with Gasteiger partial charge in [0.15, 0.2) is 0 Å². The van der Waals surface area contributed by atoms with Gasteiger partial charge in [-0.3, -0.25) is 4.79 Å². The summed E-state index contributed by atoms with van der Waals surface area (Å²) in [6, 6.07) is 7.48. The number of nitrogens with one attached hydrogen (secondary N) is 1.